The van der Waals surface area contributed by atoms with Crippen molar-refractivity contribution in [3.05, 3.63) is 102 Å². The van der Waals surface area contributed by atoms with Gasteiger partial charge in [-0.2, -0.15) is 0 Å². The Morgan fingerprint density at radius 3 is 2.03 bits per heavy atom. The lowest BCUT2D eigenvalue weighted by Gasteiger charge is -2.08. The Bertz CT molecular complexity index is 987. The molecule has 0 heterocycles. The van der Waals surface area contributed by atoms with Crippen molar-refractivity contribution in [3.63, 3.8) is 0 Å². The highest BCUT2D eigenvalue weighted by molar-refractivity contribution is 6.04. The van der Waals surface area contributed by atoms with Crippen molar-refractivity contribution in [2.24, 2.45) is 0 Å². The molecule has 6 heteroatoms. The molecule has 2 N–H and O–H groups in total. The highest BCUT2D eigenvalue weighted by atomic mass is 16.5. The monoisotopic (exact) mass is 402 g/mol. The number of rotatable bonds is 8. The second-order valence-electron chi connectivity index (χ2n) is 6.62. The van der Waals surface area contributed by atoms with Crippen LogP contribution in [0.4, 0.5) is 5.69 Å². The molecule has 0 aliphatic carbocycles. The van der Waals surface area contributed by atoms with Gasteiger partial charge in [-0.1, -0.05) is 60.7 Å². The van der Waals surface area contributed by atoms with Crippen molar-refractivity contribution >= 4 is 23.5 Å². The molecule has 0 saturated carbocycles. The van der Waals surface area contributed by atoms with Gasteiger partial charge in [0.1, 0.15) is 13.2 Å². The Labute approximate surface area is 174 Å². The zero-order valence-corrected chi connectivity index (χ0v) is 16.3. The number of carbonyl (C=O) groups excluding carboxylic acids is 3. The van der Waals surface area contributed by atoms with Crippen LogP contribution < -0.4 is 10.6 Å². The minimum absolute atomic E-state index is 0.0635. The molecule has 0 fully saturated rings. The molecule has 3 rings (SSSR count). The molecule has 0 aliphatic rings. The van der Waals surface area contributed by atoms with E-state index in [1.165, 1.54) is 0 Å². The van der Waals surface area contributed by atoms with Gasteiger partial charge in [0.15, 0.2) is 0 Å². The predicted molar refractivity (Wildman–Crippen MR) is 114 cm³/mol. The Kier molecular flexibility index (Phi) is 7.33. The quantitative estimate of drug-likeness (QED) is 0.566. The molecule has 0 unspecified atom stereocenters. The van der Waals surface area contributed by atoms with Gasteiger partial charge < -0.3 is 15.4 Å². The average molecular weight is 402 g/mol. The van der Waals surface area contributed by atoms with Gasteiger partial charge in [0.05, 0.1) is 6.42 Å². The molecule has 0 saturated heterocycles. The Balaban J connectivity index is 1.40. The number of benzene rings is 3. The molecule has 0 aliphatic heterocycles. The third-order valence-electron chi connectivity index (χ3n) is 4.29. The van der Waals surface area contributed by atoms with Gasteiger partial charge in [0.2, 0.25) is 5.91 Å². The van der Waals surface area contributed by atoms with E-state index in [-0.39, 0.29) is 31.4 Å². The molecule has 2 amide bonds. The predicted octanol–water partition coefficient (Wildman–Crippen LogP) is 3.34. The van der Waals surface area contributed by atoms with Gasteiger partial charge >= 0.3 is 5.97 Å². The van der Waals surface area contributed by atoms with E-state index in [1.807, 2.05) is 60.7 Å². The number of carbonyl (C=O) groups is 3. The number of para-hydroxylation sites is 1. The first-order valence-electron chi connectivity index (χ1n) is 9.52. The zero-order valence-electron chi connectivity index (χ0n) is 16.3. The number of anilines is 1. The third kappa shape index (κ3) is 6.60. The second-order valence-corrected chi connectivity index (χ2v) is 6.62. The molecule has 3 aromatic rings. The molecule has 152 valence electrons. The fourth-order valence-electron chi connectivity index (χ4n) is 2.71. The van der Waals surface area contributed by atoms with Crippen LogP contribution in [0.25, 0.3) is 0 Å². The zero-order chi connectivity index (χ0) is 21.2. The summed E-state index contributed by atoms with van der Waals surface area (Å²) in [5.74, 6) is -0.986. The summed E-state index contributed by atoms with van der Waals surface area (Å²) in [6.07, 6.45) is 0.209. The van der Waals surface area contributed by atoms with Crippen LogP contribution in [0.1, 0.15) is 21.5 Å². The van der Waals surface area contributed by atoms with Crippen LogP contribution in [0.2, 0.25) is 0 Å². The van der Waals surface area contributed by atoms with E-state index in [1.54, 1.807) is 24.3 Å². The Morgan fingerprint density at radius 1 is 0.733 bits per heavy atom. The molecular formula is C24H22N2O4. The second kappa shape index (κ2) is 10.6. The summed E-state index contributed by atoms with van der Waals surface area (Å²) >= 11 is 0. The van der Waals surface area contributed by atoms with Crippen LogP contribution in [0.5, 0.6) is 0 Å². The van der Waals surface area contributed by atoms with Crippen LogP contribution in [-0.4, -0.2) is 24.3 Å². The topological polar surface area (TPSA) is 84.5 Å². The maximum absolute atomic E-state index is 12.2. The number of hydrogen-bond acceptors (Lipinski definition) is 4. The van der Waals surface area contributed by atoms with Gasteiger partial charge in [-0.3, -0.25) is 14.4 Å². The van der Waals surface area contributed by atoms with E-state index >= 15 is 0 Å². The van der Waals surface area contributed by atoms with Crippen molar-refractivity contribution in [1.82, 2.24) is 5.32 Å². The van der Waals surface area contributed by atoms with Crippen molar-refractivity contribution in [2.75, 3.05) is 11.9 Å². The van der Waals surface area contributed by atoms with Crippen LogP contribution in [0.3, 0.4) is 0 Å². The van der Waals surface area contributed by atoms with Gasteiger partial charge in [-0.05, 0) is 35.4 Å². The molecule has 30 heavy (non-hydrogen) atoms. The summed E-state index contributed by atoms with van der Waals surface area (Å²) in [5.41, 5.74) is 2.84. The van der Waals surface area contributed by atoms with Crippen molar-refractivity contribution in [2.45, 2.75) is 13.0 Å². The molecule has 0 spiro atoms. The summed E-state index contributed by atoms with van der Waals surface area (Å²) in [7, 11) is 0. The van der Waals surface area contributed by atoms with E-state index in [9.17, 15) is 14.4 Å². The fourth-order valence-corrected chi connectivity index (χ4v) is 2.71. The first kappa shape index (κ1) is 20.8. The molecular weight excluding hydrogens is 380 g/mol. The van der Waals surface area contributed by atoms with Gasteiger partial charge in [-0.25, -0.2) is 0 Å². The summed E-state index contributed by atoms with van der Waals surface area (Å²) in [5, 5.41) is 5.36. The van der Waals surface area contributed by atoms with Crippen molar-refractivity contribution < 1.29 is 19.1 Å². The lowest BCUT2D eigenvalue weighted by molar-refractivity contribution is -0.145. The first-order chi connectivity index (χ1) is 14.6. The van der Waals surface area contributed by atoms with E-state index in [4.69, 9.17) is 4.74 Å². The summed E-state index contributed by atoms with van der Waals surface area (Å²) in [6.45, 7) is -0.128. The maximum Gasteiger partial charge on any atom is 0.325 e. The normalized spacial score (nSPS) is 10.1. The van der Waals surface area contributed by atoms with Gasteiger partial charge in [0, 0.05) is 11.3 Å². The van der Waals surface area contributed by atoms with Crippen LogP contribution in [0.15, 0.2) is 84.9 Å². The minimum Gasteiger partial charge on any atom is -0.460 e. The Hall–Kier alpha value is -3.93. The minimum atomic E-state index is -0.526. The van der Waals surface area contributed by atoms with E-state index in [2.05, 4.69) is 10.6 Å². The largest absolute Gasteiger partial charge is 0.460 e. The van der Waals surface area contributed by atoms with Gasteiger partial charge in [0.25, 0.3) is 5.91 Å². The fraction of sp³-hybridized carbons (Fsp3) is 0.125. The number of hydrogen-bond donors (Lipinski definition) is 2. The SMILES string of the molecule is O=C(Cc1ccccc1)NCC(=O)OCc1ccc(C(=O)Nc2ccccc2)cc1. The molecule has 0 bridgehead atoms. The number of nitrogens with one attached hydrogen (secondary N) is 2. The number of amides is 2. The van der Waals surface area contributed by atoms with Crippen LogP contribution in [0, 0.1) is 0 Å². The molecule has 0 atom stereocenters. The van der Waals surface area contributed by atoms with Crippen LogP contribution >= 0.6 is 0 Å². The standard InChI is InChI=1S/C24H22N2O4/c27-22(15-18-7-3-1-4-8-18)25-16-23(28)30-17-19-11-13-20(14-12-19)24(29)26-21-9-5-2-6-10-21/h1-14H,15-17H2,(H,25,27)(H,26,29). The van der Waals surface area contributed by atoms with Crippen LogP contribution in [-0.2, 0) is 27.4 Å². The molecule has 3 aromatic carbocycles. The highest BCUT2D eigenvalue weighted by Crippen LogP contribution is 2.10. The van der Waals surface area contributed by atoms with Gasteiger partial charge in [-0.15, -0.1) is 0 Å². The average Bonchev–Trinajstić information content (AvgIpc) is 2.78. The molecule has 6 nitrogen and oxygen atoms in total. The lowest BCUT2D eigenvalue weighted by atomic mass is 10.1. The Morgan fingerprint density at radius 2 is 1.37 bits per heavy atom. The van der Waals surface area contributed by atoms with Crippen molar-refractivity contribution in [3.8, 4) is 0 Å². The first-order valence-corrected chi connectivity index (χ1v) is 9.52. The summed E-state index contributed by atoms with van der Waals surface area (Å²) in [6, 6.07) is 25.3. The number of ether oxygens (including phenoxy) is 1. The molecule has 0 radical (unpaired) electrons. The third-order valence-corrected chi connectivity index (χ3v) is 4.29. The molecule has 0 aromatic heterocycles. The van der Waals surface area contributed by atoms with E-state index in [0.717, 1.165) is 16.8 Å². The smallest absolute Gasteiger partial charge is 0.325 e. The van der Waals surface area contributed by atoms with E-state index in [0.29, 0.717) is 5.56 Å². The number of esters is 1. The van der Waals surface area contributed by atoms with E-state index < -0.39 is 5.97 Å². The summed E-state index contributed by atoms with van der Waals surface area (Å²) in [4.78, 5) is 36.0. The summed E-state index contributed by atoms with van der Waals surface area (Å²) < 4.78 is 5.17. The highest BCUT2D eigenvalue weighted by Gasteiger charge is 2.09. The van der Waals surface area contributed by atoms with Crippen molar-refractivity contribution in [1.29, 1.82) is 0 Å². The lowest BCUT2D eigenvalue weighted by Crippen LogP contribution is -2.31. The maximum atomic E-state index is 12.2.